The van der Waals surface area contributed by atoms with E-state index >= 15 is 0 Å². The van der Waals surface area contributed by atoms with Crippen LogP contribution in [0.5, 0.6) is 0 Å². The molecule has 9 heteroatoms. The van der Waals surface area contributed by atoms with Gasteiger partial charge in [-0.25, -0.2) is 4.68 Å². The van der Waals surface area contributed by atoms with E-state index in [1.54, 1.807) is 27.9 Å². The molecule has 0 spiro atoms. The first-order valence-corrected chi connectivity index (χ1v) is 12.7. The molecule has 2 atom stereocenters. The Kier molecular flexibility index (Phi) is 7.53. The average Bonchev–Trinajstić information content (AvgIpc) is 3.49. The lowest BCUT2D eigenvalue weighted by atomic mass is 9.94. The molecule has 1 N–H and O–H groups in total. The molecule has 1 unspecified atom stereocenters. The monoisotopic (exact) mass is 503 g/mol. The molecule has 0 radical (unpaired) electrons. The van der Waals surface area contributed by atoms with E-state index in [2.05, 4.69) is 17.3 Å². The van der Waals surface area contributed by atoms with Crippen LogP contribution in [-0.2, 0) is 9.59 Å². The van der Waals surface area contributed by atoms with Crippen molar-refractivity contribution >= 4 is 40.8 Å². The first-order chi connectivity index (χ1) is 16.4. The van der Waals surface area contributed by atoms with Crippen molar-refractivity contribution in [2.24, 2.45) is 0 Å². The number of halogens is 2. The Morgan fingerprint density at radius 1 is 1.21 bits per heavy atom. The molecule has 0 saturated carbocycles. The molecule has 1 aromatic carbocycles. The van der Waals surface area contributed by atoms with Crippen LogP contribution >= 0.6 is 23.2 Å². The molecule has 34 heavy (non-hydrogen) atoms. The number of likely N-dealkylation sites (N-methyl/N-ethyl adjacent to an activating group) is 1. The molecule has 2 aliphatic rings. The molecule has 1 saturated heterocycles. The molecule has 0 bridgehead atoms. The maximum atomic E-state index is 14.1. The number of allylic oxidation sites excluding steroid dienone is 1. The third kappa shape index (κ3) is 4.56. The minimum absolute atomic E-state index is 0.0367. The number of amides is 2. The lowest BCUT2D eigenvalue weighted by Crippen LogP contribution is -2.49. The predicted molar refractivity (Wildman–Crippen MR) is 135 cm³/mol. The largest absolute Gasteiger partial charge is 0.344 e. The highest BCUT2D eigenvalue weighted by molar-refractivity contribution is 6.42. The fourth-order valence-electron chi connectivity index (χ4n) is 4.88. The SMILES string of the molecule is CCCCN(CC)C(=O)[C@@H]1CCCN1C(=O)C1=C(C)Nc2ccnn2C1c1ccc(Cl)c(Cl)c1. The van der Waals surface area contributed by atoms with Crippen molar-refractivity contribution in [2.75, 3.05) is 25.0 Å². The maximum absolute atomic E-state index is 14.1. The topological polar surface area (TPSA) is 70.5 Å². The second-order valence-electron chi connectivity index (χ2n) is 8.83. The second-order valence-corrected chi connectivity index (χ2v) is 9.64. The fraction of sp³-hybridized carbons (Fsp3) is 0.480. The zero-order valence-corrected chi connectivity index (χ0v) is 21.4. The first kappa shape index (κ1) is 24.6. The van der Waals surface area contributed by atoms with Gasteiger partial charge in [-0.2, -0.15) is 5.10 Å². The number of hydrogen-bond acceptors (Lipinski definition) is 4. The third-order valence-electron chi connectivity index (χ3n) is 6.67. The molecule has 2 aliphatic heterocycles. The Labute approximate surface area is 210 Å². The van der Waals surface area contributed by atoms with E-state index in [-0.39, 0.29) is 11.8 Å². The number of aromatic nitrogens is 2. The molecule has 2 amide bonds. The van der Waals surface area contributed by atoms with Gasteiger partial charge in [-0.05, 0) is 50.8 Å². The fourth-order valence-corrected chi connectivity index (χ4v) is 5.19. The molecule has 7 nitrogen and oxygen atoms in total. The minimum Gasteiger partial charge on any atom is -0.344 e. The summed E-state index contributed by atoms with van der Waals surface area (Å²) in [6, 6.07) is 6.32. The van der Waals surface area contributed by atoms with Crippen molar-refractivity contribution in [3.63, 3.8) is 0 Å². The van der Waals surface area contributed by atoms with E-state index in [1.807, 2.05) is 30.9 Å². The smallest absolute Gasteiger partial charge is 0.254 e. The van der Waals surface area contributed by atoms with E-state index in [0.717, 1.165) is 42.9 Å². The number of fused-ring (bicyclic) bond motifs is 1. The maximum Gasteiger partial charge on any atom is 0.254 e. The summed E-state index contributed by atoms with van der Waals surface area (Å²) < 4.78 is 1.78. The zero-order valence-electron chi connectivity index (χ0n) is 19.9. The molecule has 1 aromatic heterocycles. The highest BCUT2D eigenvalue weighted by atomic mass is 35.5. The number of unbranched alkanes of at least 4 members (excludes halogenated alkanes) is 1. The predicted octanol–water partition coefficient (Wildman–Crippen LogP) is 5.12. The van der Waals surface area contributed by atoms with Gasteiger partial charge in [0.1, 0.15) is 17.9 Å². The van der Waals surface area contributed by atoms with Gasteiger partial charge in [0.05, 0.1) is 21.8 Å². The summed E-state index contributed by atoms with van der Waals surface area (Å²) >= 11 is 12.5. The van der Waals surface area contributed by atoms with Crippen LogP contribution in [0, 0.1) is 0 Å². The van der Waals surface area contributed by atoms with E-state index in [1.165, 1.54) is 0 Å². The quantitative estimate of drug-likeness (QED) is 0.569. The van der Waals surface area contributed by atoms with E-state index in [9.17, 15) is 9.59 Å². The second kappa shape index (κ2) is 10.4. The lowest BCUT2D eigenvalue weighted by Gasteiger charge is -2.34. The summed E-state index contributed by atoms with van der Waals surface area (Å²) in [4.78, 5) is 31.1. The summed E-state index contributed by atoms with van der Waals surface area (Å²) in [6.07, 6.45) is 5.15. The number of benzene rings is 1. The van der Waals surface area contributed by atoms with Gasteiger partial charge >= 0.3 is 0 Å². The number of nitrogens with one attached hydrogen (secondary N) is 1. The number of nitrogens with zero attached hydrogens (tertiary/aromatic N) is 4. The molecule has 3 heterocycles. The van der Waals surface area contributed by atoms with Gasteiger partial charge in [-0.3, -0.25) is 9.59 Å². The van der Waals surface area contributed by atoms with Crippen LogP contribution in [0.15, 0.2) is 41.7 Å². The summed E-state index contributed by atoms with van der Waals surface area (Å²) in [6.45, 7) is 7.91. The molecular formula is C25H31Cl2N5O2. The van der Waals surface area contributed by atoms with Crippen LogP contribution in [0.1, 0.15) is 58.1 Å². The Morgan fingerprint density at radius 2 is 2.00 bits per heavy atom. The third-order valence-corrected chi connectivity index (χ3v) is 7.41. The zero-order chi connectivity index (χ0) is 24.4. The van der Waals surface area contributed by atoms with Gasteiger partial charge < -0.3 is 15.1 Å². The summed E-state index contributed by atoms with van der Waals surface area (Å²) in [7, 11) is 0. The van der Waals surface area contributed by atoms with Gasteiger partial charge in [0.25, 0.3) is 5.91 Å². The molecule has 0 aliphatic carbocycles. The van der Waals surface area contributed by atoms with Crippen LogP contribution in [0.2, 0.25) is 10.0 Å². The first-order valence-electron chi connectivity index (χ1n) is 11.9. The standard InChI is InChI=1S/C25H31Cl2N5O2/c1-4-6-13-30(5-2)24(33)20-8-7-14-31(20)25(34)22-16(3)29-21-11-12-28-32(21)23(22)17-9-10-18(26)19(27)15-17/h9-12,15,20,23,29H,4-8,13-14H2,1-3H3/t20-,23?/m0/s1. The minimum atomic E-state index is -0.479. The van der Waals surface area contributed by atoms with Crippen molar-refractivity contribution in [3.05, 3.63) is 57.3 Å². The summed E-state index contributed by atoms with van der Waals surface area (Å²) in [5.74, 6) is 0.676. The molecule has 182 valence electrons. The normalized spacial score (nSPS) is 19.7. The molecular weight excluding hydrogens is 473 g/mol. The van der Waals surface area contributed by atoms with Crippen LogP contribution in [-0.4, -0.2) is 57.1 Å². The van der Waals surface area contributed by atoms with E-state index in [4.69, 9.17) is 23.2 Å². The Morgan fingerprint density at radius 3 is 2.71 bits per heavy atom. The number of rotatable bonds is 7. The van der Waals surface area contributed by atoms with Gasteiger partial charge in [-0.1, -0.05) is 42.6 Å². The van der Waals surface area contributed by atoms with Gasteiger partial charge in [0.15, 0.2) is 0 Å². The van der Waals surface area contributed by atoms with Crippen molar-refractivity contribution in [2.45, 2.75) is 58.5 Å². The van der Waals surface area contributed by atoms with Crippen LogP contribution in [0.3, 0.4) is 0 Å². The number of hydrogen-bond donors (Lipinski definition) is 1. The van der Waals surface area contributed by atoms with Gasteiger partial charge in [0, 0.05) is 31.4 Å². The van der Waals surface area contributed by atoms with Crippen molar-refractivity contribution in [3.8, 4) is 0 Å². The lowest BCUT2D eigenvalue weighted by molar-refractivity contribution is -0.142. The van der Waals surface area contributed by atoms with Crippen LogP contribution in [0.25, 0.3) is 0 Å². The highest BCUT2D eigenvalue weighted by Crippen LogP contribution is 2.39. The van der Waals surface area contributed by atoms with Gasteiger partial charge in [-0.15, -0.1) is 0 Å². The van der Waals surface area contributed by atoms with Gasteiger partial charge in [0.2, 0.25) is 5.91 Å². The Hall–Kier alpha value is -2.51. The average molecular weight is 504 g/mol. The molecule has 4 rings (SSSR count). The number of carbonyl (C=O) groups excluding carboxylic acids is 2. The van der Waals surface area contributed by atoms with Crippen molar-refractivity contribution in [1.82, 2.24) is 19.6 Å². The van der Waals surface area contributed by atoms with Crippen molar-refractivity contribution < 1.29 is 9.59 Å². The van der Waals surface area contributed by atoms with Crippen LogP contribution < -0.4 is 5.32 Å². The molecule has 1 fully saturated rings. The Bertz CT molecular complexity index is 1110. The van der Waals surface area contributed by atoms with E-state index < -0.39 is 12.1 Å². The van der Waals surface area contributed by atoms with Crippen molar-refractivity contribution in [1.29, 1.82) is 0 Å². The molecule has 2 aromatic rings. The number of anilines is 1. The number of likely N-dealkylation sites (tertiary alicyclic amines) is 1. The van der Waals surface area contributed by atoms with E-state index in [0.29, 0.717) is 35.1 Å². The Balaban J connectivity index is 1.70. The highest BCUT2D eigenvalue weighted by Gasteiger charge is 2.41. The summed E-state index contributed by atoms with van der Waals surface area (Å²) in [5, 5.41) is 8.66. The number of carbonyl (C=O) groups is 2. The summed E-state index contributed by atoms with van der Waals surface area (Å²) in [5.41, 5.74) is 2.11. The van der Waals surface area contributed by atoms with Crippen LogP contribution in [0.4, 0.5) is 5.82 Å².